The van der Waals surface area contributed by atoms with Crippen molar-refractivity contribution in [1.82, 2.24) is 24.6 Å². The van der Waals surface area contributed by atoms with Gasteiger partial charge < -0.3 is 4.90 Å². The van der Waals surface area contributed by atoms with Crippen LogP contribution in [-0.4, -0.2) is 50.6 Å². The minimum atomic E-state index is 0.144. The summed E-state index contributed by atoms with van der Waals surface area (Å²) < 4.78 is 1.78. The maximum Gasteiger partial charge on any atom is 0.143 e. The zero-order chi connectivity index (χ0) is 18.1. The number of rotatable bonds is 4. The number of aryl methyl sites for hydroxylation is 1. The van der Waals surface area contributed by atoms with Gasteiger partial charge in [0, 0.05) is 36.3 Å². The van der Waals surface area contributed by atoms with Gasteiger partial charge in [-0.25, -0.2) is 9.97 Å². The lowest BCUT2D eigenvalue weighted by Gasteiger charge is -2.27. The highest BCUT2D eigenvalue weighted by Gasteiger charge is 2.24. The van der Waals surface area contributed by atoms with E-state index in [2.05, 4.69) is 27.0 Å². The summed E-state index contributed by atoms with van der Waals surface area (Å²) in [6, 6.07) is 8.02. The van der Waals surface area contributed by atoms with Crippen LogP contribution in [0.25, 0.3) is 22.2 Å². The van der Waals surface area contributed by atoms with Gasteiger partial charge in [-0.15, -0.1) is 0 Å². The molecule has 1 aliphatic rings. The number of hydrogen-bond donors (Lipinski definition) is 0. The number of piperidine rings is 1. The first kappa shape index (κ1) is 16.8. The number of hydrogen-bond acceptors (Lipinski definition) is 5. The first-order valence-electron chi connectivity index (χ1n) is 9.05. The van der Waals surface area contributed by atoms with Gasteiger partial charge in [0.25, 0.3) is 0 Å². The number of carbonyl (C=O) groups excluding carboxylic acids is 1. The van der Waals surface area contributed by atoms with E-state index in [-0.39, 0.29) is 11.7 Å². The van der Waals surface area contributed by atoms with Crippen LogP contribution in [0.1, 0.15) is 18.7 Å². The van der Waals surface area contributed by atoms with Gasteiger partial charge >= 0.3 is 0 Å². The molecule has 0 spiro atoms. The van der Waals surface area contributed by atoms with Crippen molar-refractivity contribution in [1.29, 1.82) is 0 Å². The normalized spacial score (nSPS) is 16.2. The number of fused-ring (bicyclic) bond motifs is 1. The summed E-state index contributed by atoms with van der Waals surface area (Å²) in [4.78, 5) is 23.9. The molecule has 134 valence electrons. The fourth-order valence-corrected chi connectivity index (χ4v) is 3.51. The molecule has 1 fully saturated rings. The lowest BCUT2D eigenvalue weighted by atomic mass is 9.91. The van der Waals surface area contributed by atoms with Crippen molar-refractivity contribution in [2.45, 2.75) is 19.3 Å². The maximum absolute atomic E-state index is 12.6. The summed E-state index contributed by atoms with van der Waals surface area (Å²) >= 11 is 0. The number of Topliss-reactive ketones (excluding diaryl/α,β-unsaturated/α-hetero) is 1. The molecule has 0 bridgehead atoms. The van der Waals surface area contributed by atoms with Gasteiger partial charge in [-0.1, -0.05) is 12.1 Å². The number of carbonyl (C=O) groups is 1. The average molecular weight is 349 g/mol. The van der Waals surface area contributed by atoms with Crippen LogP contribution < -0.4 is 0 Å². The molecule has 2 aromatic heterocycles. The van der Waals surface area contributed by atoms with Gasteiger partial charge in [0.15, 0.2) is 0 Å². The lowest BCUT2D eigenvalue weighted by molar-refractivity contribution is -0.123. The Labute approximate surface area is 152 Å². The highest BCUT2D eigenvalue weighted by Crippen LogP contribution is 2.23. The topological polar surface area (TPSA) is 63.9 Å². The number of benzene rings is 1. The van der Waals surface area contributed by atoms with Gasteiger partial charge in [0.1, 0.15) is 11.6 Å². The second-order valence-corrected chi connectivity index (χ2v) is 7.16. The Hall–Kier alpha value is -2.60. The Bertz CT molecular complexity index is 940. The standard InChI is InChI=1S/C20H23N5O/c1-24-8-5-14(6-9-24)19(26)12-20-21-13-16-4-3-15(11-18(16)22-20)17-7-10-25(2)23-17/h3-4,7,10-11,13-14H,5-6,8-9,12H2,1-2H3. The van der Waals surface area contributed by atoms with Crippen LogP contribution in [0.3, 0.4) is 0 Å². The minimum absolute atomic E-state index is 0.144. The van der Waals surface area contributed by atoms with Crippen LogP contribution in [0.15, 0.2) is 36.7 Å². The van der Waals surface area contributed by atoms with Gasteiger partial charge in [-0.3, -0.25) is 9.48 Å². The zero-order valence-electron chi connectivity index (χ0n) is 15.2. The predicted octanol–water partition coefficient (Wildman–Crippen LogP) is 2.48. The SMILES string of the molecule is CN1CCC(C(=O)Cc2ncc3ccc(-c4ccn(C)n4)cc3n2)CC1. The van der Waals surface area contributed by atoms with E-state index < -0.39 is 0 Å². The highest BCUT2D eigenvalue weighted by molar-refractivity contribution is 5.85. The van der Waals surface area contributed by atoms with Crippen molar-refractivity contribution in [2.24, 2.45) is 13.0 Å². The predicted molar refractivity (Wildman–Crippen MR) is 101 cm³/mol. The molecule has 1 saturated heterocycles. The lowest BCUT2D eigenvalue weighted by Crippen LogP contribution is -2.34. The fraction of sp³-hybridized carbons (Fsp3) is 0.400. The monoisotopic (exact) mass is 349 g/mol. The largest absolute Gasteiger partial charge is 0.306 e. The number of nitrogens with zero attached hydrogens (tertiary/aromatic N) is 5. The average Bonchev–Trinajstić information content (AvgIpc) is 3.08. The molecule has 3 heterocycles. The first-order chi connectivity index (χ1) is 12.6. The molecule has 0 saturated carbocycles. The number of likely N-dealkylation sites (tertiary alicyclic amines) is 1. The van der Waals surface area contributed by atoms with Crippen LogP contribution in [0.4, 0.5) is 0 Å². The van der Waals surface area contributed by atoms with E-state index >= 15 is 0 Å². The number of ketones is 1. The van der Waals surface area contributed by atoms with E-state index in [9.17, 15) is 4.79 Å². The fourth-order valence-electron chi connectivity index (χ4n) is 3.51. The van der Waals surface area contributed by atoms with Crippen LogP contribution >= 0.6 is 0 Å². The Morgan fingerprint density at radius 3 is 2.73 bits per heavy atom. The molecule has 0 radical (unpaired) electrons. The molecule has 3 aromatic rings. The molecule has 6 nitrogen and oxygen atoms in total. The van der Waals surface area contributed by atoms with E-state index in [0.717, 1.165) is 48.1 Å². The molecule has 0 aliphatic carbocycles. The maximum atomic E-state index is 12.6. The molecule has 0 amide bonds. The van der Waals surface area contributed by atoms with Crippen LogP contribution in [-0.2, 0) is 18.3 Å². The molecule has 0 N–H and O–H groups in total. The van der Waals surface area contributed by atoms with Gasteiger partial charge in [0.2, 0.25) is 0 Å². The van der Waals surface area contributed by atoms with E-state index in [4.69, 9.17) is 0 Å². The second-order valence-electron chi connectivity index (χ2n) is 7.16. The Morgan fingerprint density at radius 2 is 2.00 bits per heavy atom. The second kappa shape index (κ2) is 6.96. The molecule has 6 heteroatoms. The van der Waals surface area contributed by atoms with Crippen molar-refractivity contribution in [2.75, 3.05) is 20.1 Å². The third-order valence-corrected chi connectivity index (χ3v) is 5.15. The van der Waals surface area contributed by atoms with Crippen LogP contribution in [0.5, 0.6) is 0 Å². The summed E-state index contributed by atoms with van der Waals surface area (Å²) in [6.07, 6.45) is 5.92. The van der Waals surface area contributed by atoms with E-state index in [1.54, 1.807) is 4.68 Å². The van der Waals surface area contributed by atoms with Crippen molar-refractivity contribution in [3.8, 4) is 11.3 Å². The number of aromatic nitrogens is 4. The third kappa shape index (κ3) is 3.51. The van der Waals surface area contributed by atoms with Crippen LogP contribution in [0.2, 0.25) is 0 Å². The molecule has 1 aliphatic heterocycles. The molecule has 1 aromatic carbocycles. The van der Waals surface area contributed by atoms with Gasteiger partial charge in [-0.05, 0) is 45.1 Å². The molecular formula is C20H23N5O. The van der Waals surface area contributed by atoms with Gasteiger partial charge in [0.05, 0.1) is 17.6 Å². The molecule has 0 atom stereocenters. The van der Waals surface area contributed by atoms with Crippen molar-refractivity contribution >= 4 is 16.7 Å². The first-order valence-corrected chi connectivity index (χ1v) is 9.05. The van der Waals surface area contributed by atoms with E-state index in [1.807, 2.05) is 43.7 Å². The zero-order valence-corrected chi connectivity index (χ0v) is 15.2. The van der Waals surface area contributed by atoms with Gasteiger partial charge in [-0.2, -0.15) is 5.10 Å². The molecular weight excluding hydrogens is 326 g/mol. The van der Waals surface area contributed by atoms with Crippen molar-refractivity contribution in [3.05, 3.63) is 42.5 Å². The summed E-state index contributed by atoms with van der Waals surface area (Å²) in [5.41, 5.74) is 2.79. The summed E-state index contributed by atoms with van der Waals surface area (Å²) in [5.74, 6) is 1.02. The summed E-state index contributed by atoms with van der Waals surface area (Å²) in [6.45, 7) is 1.98. The Kier molecular flexibility index (Phi) is 4.51. The Balaban J connectivity index is 1.55. The molecule has 0 unspecified atom stereocenters. The van der Waals surface area contributed by atoms with Crippen molar-refractivity contribution in [3.63, 3.8) is 0 Å². The van der Waals surface area contributed by atoms with E-state index in [1.165, 1.54) is 0 Å². The minimum Gasteiger partial charge on any atom is -0.306 e. The quantitative estimate of drug-likeness (QED) is 0.724. The summed E-state index contributed by atoms with van der Waals surface area (Å²) in [7, 11) is 4.01. The Morgan fingerprint density at radius 1 is 1.19 bits per heavy atom. The highest BCUT2D eigenvalue weighted by atomic mass is 16.1. The smallest absolute Gasteiger partial charge is 0.143 e. The summed E-state index contributed by atoms with van der Waals surface area (Å²) in [5, 5.41) is 5.41. The van der Waals surface area contributed by atoms with Crippen LogP contribution in [0, 0.1) is 5.92 Å². The third-order valence-electron chi connectivity index (χ3n) is 5.15. The molecule has 26 heavy (non-hydrogen) atoms. The van der Waals surface area contributed by atoms with Crippen molar-refractivity contribution < 1.29 is 4.79 Å². The van der Waals surface area contributed by atoms with E-state index in [0.29, 0.717) is 12.2 Å². The molecule has 4 rings (SSSR count).